The largest absolute Gasteiger partial charge is 0.497 e. The fourth-order valence-corrected chi connectivity index (χ4v) is 4.64. The summed E-state index contributed by atoms with van der Waals surface area (Å²) in [5.74, 6) is 2.89. The Morgan fingerprint density at radius 3 is 2.68 bits per heavy atom. The van der Waals surface area contributed by atoms with Crippen LogP contribution in [0, 0.1) is 6.92 Å². The summed E-state index contributed by atoms with van der Waals surface area (Å²) >= 11 is 3.09. The van der Waals surface area contributed by atoms with Gasteiger partial charge in [-0.05, 0) is 43.3 Å². The van der Waals surface area contributed by atoms with Crippen LogP contribution < -0.4 is 4.74 Å². The van der Waals surface area contributed by atoms with Gasteiger partial charge in [0.15, 0.2) is 0 Å². The molecular weight excluding hydrogens is 430 g/mol. The number of fused-ring (bicyclic) bond motifs is 1. The second kappa shape index (κ2) is 8.52. The zero-order valence-electron chi connectivity index (χ0n) is 17.0. The monoisotopic (exact) mass is 449 g/mol. The van der Waals surface area contributed by atoms with Crippen molar-refractivity contribution in [2.45, 2.75) is 24.3 Å². The quantitative estimate of drug-likeness (QED) is 0.321. The van der Waals surface area contributed by atoms with Crippen molar-refractivity contribution in [1.29, 1.82) is 0 Å². The standard InChI is InChI=1S/C22H19N5O2S2/c1-14-23-15(12-30-14)11-21-25-26-22(29-21)31-13-20-24-18-5-3-4-6-19(18)27(20)16-7-9-17(28-2)10-8-16/h3-10,12H,11,13H2,1-2H3. The number of aryl methyl sites for hydroxylation is 1. The van der Waals surface area contributed by atoms with Crippen molar-refractivity contribution in [2.24, 2.45) is 0 Å². The lowest BCUT2D eigenvalue weighted by Crippen LogP contribution is -2.00. The van der Waals surface area contributed by atoms with E-state index in [2.05, 4.69) is 25.8 Å². The molecule has 0 amide bonds. The lowest BCUT2D eigenvalue weighted by molar-refractivity contribution is 0.414. The molecular formula is C22H19N5O2S2. The second-order valence-electron chi connectivity index (χ2n) is 6.84. The Bertz CT molecular complexity index is 1320. The van der Waals surface area contributed by atoms with Crippen LogP contribution in [0.3, 0.4) is 0 Å². The highest BCUT2D eigenvalue weighted by Crippen LogP contribution is 2.28. The smallest absolute Gasteiger partial charge is 0.277 e. The number of rotatable bonds is 7. The van der Waals surface area contributed by atoms with Gasteiger partial charge in [-0.3, -0.25) is 4.57 Å². The Hall–Kier alpha value is -3.17. The minimum Gasteiger partial charge on any atom is -0.497 e. The molecule has 0 aliphatic heterocycles. The number of thiazole rings is 1. The first-order valence-corrected chi connectivity index (χ1v) is 11.5. The first kappa shape index (κ1) is 19.8. The number of para-hydroxylation sites is 2. The Morgan fingerprint density at radius 2 is 1.90 bits per heavy atom. The number of benzene rings is 2. The van der Waals surface area contributed by atoms with Crippen LogP contribution in [0.2, 0.25) is 0 Å². The third kappa shape index (κ3) is 4.19. The van der Waals surface area contributed by atoms with Gasteiger partial charge in [0.2, 0.25) is 5.89 Å². The van der Waals surface area contributed by atoms with E-state index in [1.54, 1.807) is 18.4 Å². The van der Waals surface area contributed by atoms with E-state index in [-0.39, 0.29) is 0 Å². The van der Waals surface area contributed by atoms with Crippen molar-refractivity contribution in [3.8, 4) is 11.4 Å². The second-order valence-corrected chi connectivity index (χ2v) is 8.82. The molecule has 156 valence electrons. The van der Waals surface area contributed by atoms with Crippen LogP contribution in [-0.4, -0.2) is 31.8 Å². The fraction of sp³-hybridized carbons (Fsp3) is 0.182. The first-order chi connectivity index (χ1) is 15.2. The Balaban J connectivity index is 1.39. The van der Waals surface area contributed by atoms with Gasteiger partial charge < -0.3 is 9.15 Å². The van der Waals surface area contributed by atoms with Gasteiger partial charge in [0.05, 0.1) is 41.0 Å². The van der Waals surface area contributed by atoms with Gasteiger partial charge in [-0.2, -0.15) is 0 Å². The minimum absolute atomic E-state index is 0.523. The molecule has 0 radical (unpaired) electrons. The predicted molar refractivity (Wildman–Crippen MR) is 121 cm³/mol. The molecule has 0 bridgehead atoms. The highest BCUT2D eigenvalue weighted by molar-refractivity contribution is 7.98. The van der Waals surface area contributed by atoms with Crippen LogP contribution in [0.4, 0.5) is 0 Å². The molecule has 9 heteroatoms. The molecule has 0 aliphatic rings. The topological polar surface area (TPSA) is 78.9 Å². The van der Waals surface area contributed by atoms with E-state index in [1.165, 1.54) is 11.8 Å². The van der Waals surface area contributed by atoms with E-state index in [0.717, 1.165) is 39.0 Å². The van der Waals surface area contributed by atoms with Crippen molar-refractivity contribution < 1.29 is 9.15 Å². The average Bonchev–Trinajstić information content (AvgIpc) is 3.51. The van der Waals surface area contributed by atoms with Crippen LogP contribution in [-0.2, 0) is 12.2 Å². The Kier molecular flexibility index (Phi) is 5.44. The SMILES string of the molecule is COc1ccc(-n2c(CSc3nnc(Cc4csc(C)n4)o3)nc3ccccc32)cc1. The lowest BCUT2D eigenvalue weighted by Gasteiger charge is -2.09. The molecule has 5 rings (SSSR count). The van der Waals surface area contributed by atoms with E-state index < -0.39 is 0 Å². The van der Waals surface area contributed by atoms with Gasteiger partial charge >= 0.3 is 0 Å². The molecule has 0 aliphatic carbocycles. The lowest BCUT2D eigenvalue weighted by atomic mass is 10.2. The molecule has 0 N–H and O–H groups in total. The minimum atomic E-state index is 0.523. The summed E-state index contributed by atoms with van der Waals surface area (Å²) < 4.78 is 13.3. The Morgan fingerprint density at radius 1 is 1.06 bits per heavy atom. The molecule has 3 heterocycles. The zero-order valence-corrected chi connectivity index (χ0v) is 18.6. The summed E-state index contributed by atoms with van der Waals surface area (Å²) in [4.78, 5) is 9.29. The van der Waals surface area contributed by atoms with Gasteiger partial charge in [0.1, 0.15) is 11.6 Å². The van der Waals surface area contributed by atoms with Crippen LogP contribution in [0.5, 0.6) is 5.75 Å². The van der Waals surface area contributed by atoms with Crippen LogP contribution in [0.1, 0.15) is 22.4 Å². The number of nitrogens with zero attached hydrogens (tertiary/aromatic N) is 5. The summed E-state index contributed by atoms with van der Waals surface area (Å²) in [5.41, 5.74) is 3.96. The molecule has 0 fully saturated rings. The molecule has 0 atom stereocenters. The molecule has 0 unspecified atom stereocenters. The molecule has 5 aromatic rings. The van der Waals surface area contributed by atoms with Crippen molar-refractivity contribution in [2.75, 3.05) is 7.11 Å². The number of thioether (sulfide) groups is 1. The molecule has 3 aromatic heterocycles. The summed E-state index contributed by atoms with van der Waals surface area (Å²) in [6, 6.07) is 16.1. The van der Waals surface area contributed by atoms with E-state index in [0.29, 0.717) is 23.3 Å². The van der Waals surface area contributed by atoms with E-state index >= 15 is 0 Å². The van der Waals surface area contributed by atoms with Gasteiger partial charge in [0, 0.05) is 11.1 Å². The van der Waals surface area contributed by atoms with Crippen molar-refractivity contribution >= 4 is 34.1 Å². The van der Waals surface area contributed by atoms with Crippen LogP contribution in [0.15, 0.2) is 63.6 Å². The fourth-order valence-electron chi connectivity index (χ4n) is 3.33. The number of aromatic nitrogens is 5. The van der Waals surface area contributed by atoms with Crippen molar-refractivity contribution in [3.63, 3.8) is 0 Å². The Labute approximate surface area is 187 Å². The van der Waals surface area contributed by atoms with E-state index in [9.17, 15) is 0 Å². The highest BCUT2D eigenvalue weighted by atomic mass is 32.2. The number of ether oxygens (including phenoxy) is 1. The molecule has 0 spiro atoms. The van der Waals surface area contributed by atoms with Crippen LogP contribution >= 0.6 is 23.1 Å². The molecule has 0 saturated heterocycles. The maximum atomic E-state index is 5.82. The van der Waals surface area contributed by atoms with E-state index in [4.69, 9.17) is 14.1 Å². The van der Waals surface area contributed by atoms with Gasteiger partial charge in [-0.1, -0.05) is 23.9 Å². The number of imidazole rings is 1. The first-order valence-electron chi connectivity index (χ1n) is 9.66. The molecule has 31 heavy (non-hydrogen) atoms. The molecule has 7 nitrogen and oxygen atoms in total. The average molecular weight is 450 g/mol. The highest BCUT2D eigenvalue weighted by Gasteiger charge is 2.15. The number of methoxy groups -OCH3 is 1. The van der Waals surface area contributed by atoms with Gasteiger partial charge in [0.25, 0.3) is 5.22 Å². The summed E-state index contributed by atoms with van der Waals surface area (Å²) in [5, 5.41) is 11.9. The third-order valence-electron chi connectivity index (χ3n) is 4.73. The summed E-state index contributed by atoms with van der Waals surface area (Å²) in [6.45, 7) is 1.98. The summed E-state index contributed by atoms with van der Waals surface area (Å²) in [6.07, 6.45) is 0.544. The van der Waals surface area contributed by atoms with Gasteiger partial charge in [-0.15, -0.1) is 21.5 Å². The maximum absolute atomic E-state index is 5.82. The zero-order chi connectivity index (χ0) is 21.2. The molecule has 0 saturated carbocycles. The third-order valence-corrected chi connectivity index (χ3v) is 6.37. The van der Waals surface area contributed by atoms with Crippen LogP contribution in [0.25, 0.3) is 16.7 Å². The van der Waals surface area contributed by atoms with Crippen molar-refractivity contribution in [1.82, 2.24) is 24.7 Å². The molecule has 2 aromatic carbocycles. The summed E-state index contributed by atoms with van der Waals surface area (Å²) in [7, 11) is 1.66. The maximum Gasteiger partial charge on any atom is 0.277 e. The van der Waals surface area contributed by atoms with E-state index in [1.807, 2.05) is 54.8 Å². The number of hydrogen-bond donors (Lipinski definition) is 0. The van der Waals surface area contributed by atoms with Gasteiger partial charge in [-0.25, -0.2) is 9.97 Å². The number of hydrogen-bond acceptors (Lipinski definition) is 8. The van der Waals surface area contributed by atoms with Crippen molar-refractivity contribution in [3.05, 3.63) is 76.3 Å². The predicted octanol–water partition coefficient (Wildman–Crippen LogP) is 5.07. The normalized spacial score (nSPS) is 11.3.